The van der Waals surface area contributed by atoms with Crippen molar-refractivity contribution in [3.8, 4) is 0 Å². The number of hydrogen-bond acceptors (Lipinski definition) is 4. The summed E-state index contributed by atoms with van der Waals surface area (Å²) in [6.45, 7) is 19.8. The van der Waals surface area contributed by atoms with Gasteiger partial charge in [-0.05, 0) is 133 Å². The second-order valence-corrected chi connectivity index (χ2v) is 22.0. The van der Waals surface area contributed by atoms with Gasteiger partial charge >= 0.3 is 0 Å². The third kappa shape index (κ3) is 4.36. The van der Waals surface area contributed by atoms with Crippen molar-refractivity contribution in [3.63, 3.8) is 0 Å². The molecule has 2 saturated carbocycles. The topological polar surface area (TPSA) is 22.9 Å². The predicted octanol–water partition coefficient (Wildman–Crippen LogP) is 13.3. The van der Waals surface area contributed by atoms with Crippen molar-refractivity contribution < 1.29 is 4.42 Å². The standard InChI is InChI=1S/C57H58BN3O/c1-35-31-47-50-48(32-35)61-51-40(54(5)27-11-14-30-57(54,61)8)19-16-20-43(51)58(50)42-25-24-37(34-46(42)59(47)45-21-15-18-39-38-17-9-10-22-49(38)62-52(39)45)60-44-26-23-36(53(2,3)4)33-41(44)55(6)28-12-13-29-56(55,60)7/h9-10,15-26,31-34H,11-14,27-30H2,1-8H3. The van der Waals surface area contributed by atoms with Crippen LogP contribution in [0.3, 0.4) is 0 Å². The van der Waals surface area contributed by atoms with Crippen molar-refractivity contribution in [2.24, 2.45) is 0 Å². The Labute approximate surface area is 368 Å². The molecular weight excluding hydrogens is 753 g/mol. The summed E-state index contributed by atoms with van der Waals surface area (Å²) in [7, 11) is 0. The fourth-order valence-electron chi connectivity index (χ4n) is 14.3. The van der Waals surface area contributed by atoms with E-state index in [2.05, 4.69) is 179 Å². The number of furan rings is 1. The third-order valence-electron chi connectivity index (χ3n) is 17.9. The van der Waals surface area contributed by atoms with E-state index in [0.29, 0.717) is 0 Å². The highest BCUT2D eigenvalue weighted by atomic mass is 16.3. The lowest BCUT2D eigenvalue weighted by molar-refractivity contribution is 0.195. The van der Waals surface area contributed by atoms with E-state index in [9.17, 15) is 0 Å². The number of anilines is 7. The van der Waals surface area contributed by atoms with Crippen LogP contribution in [0.15, 0.2) is 114 Å². The number of fused-ring (bicyclic) bond motifs is 13. The van der Waals surface area contributed by atoms with Gasteiger partial charge in [-0.25, -0.2) is 0 Å². The summed E-state index contributed by atoms with van der Waals surface area (Å²) in [6.07, 6.45) is 9.87. The molecule has 4 nitrogen and oxygen atoms in total. The molecule has 0 radical (unpaired) electrons. The van der Waals surface area contributed by atoms with E-state index < -0.39 is 0 Å². The highest BCUT2D eigenvalue weighted by Crippen LogP contribution is 2.64. The summed E-state index contributed by atoms with van der Waals surface area (Å²) in [5, 5.41) is 2.32. The van der Waals surface area contributed by atoms with Crippen LogP contribution >= 0.6 is 0 Å². The van der Waals surface area contributed by atoms with Crippen molar-refractivity contribution in [1.82, 2.24) is 0 Å². The van der Waals surface area contributed by atoms with Gasteiger partial charge in [0.2, 0.25) is 0 Å². The van der Waals surface area contributed by atoms with E-state index in [1.54, 1.807) is 5.56 Å². The maximum atomic E-state index is 6.95. The van der Waals surface area contributed by atoms with Crippen LogP contribution < -0.4 is 31.1 Å². The van der Waals surface area contributed by atoms with Gasteiger partial charge in [-0.1, -0.05) is 127 Å². The van der Waals surface area contributed by atoms with E-state index in [4.69, 9.17) is 4.42 Å². The summed E-state index contributed by atoms with van der Waals surface area (Å²) in [4.78, 5) is 8.23. The minimum absolute atomic E-state index is 0.0119. The smallest absolute Gasteiger partial charge is 0.252 e. The summed E-state index contributed by atoms with van der Waals surface area (Å²) in [5.41, 5.74) is 21.2. The van der Waals surface area contributed by atoms with E-state index in [1.807, 2.05) is 0 Å². The van der Waals surface area contributed by atoms with Crippen LogP contribution in [0, 0.1) is 6.92 Å². The summed E-state index contributed by atoms with van der Waals surface area (Å²) >= 11 is 0. The summed E-state index contributed by atoms with van der Waals surface area (Å²) < 4.78 is 6.95. The zero-order valence-corrected chi connectivity index (χ0v) is 37.9. The predicted molar refractivity (Wildman–Crippen MR) is 262 cm³/mol. The molecule has 13 rings (SSSR count). The lowest BCUT2D eigenvalue weighted by atomic mass is 9.33. The third-order valence-corrected chi connectivity index (χ3v) is 17.9. The van der Waals surface area contributed by atoms with E-state index in [1.165, 1.54) is 119 Å². The van der Waals surface area contributed by atoms with Gasteiger partial charge < -0.3 is 19.1 Å². The van der Waals surface area contributed by atoms with Crippen molar-refractivity contribution in [3.05, 3.63) is 131 Å². The average molecular weight is 812 g/mol. The van der Waals surface area contributed by atoms with Crippen LogP contribution in [0.25, 0.3) is 21.9 Å². The minimum atomic E-state index is -0.0645. The molecule has 2 fully saturated rings. The number of aryl methyl sites for hydroxylation is 1. The molecule has 0 amide bonds. The zero-order chi connectivity index (χ0) is 42.3. The Balaban J connectivity index is 1.11. The van der Waals surface area contributed by atoms with Gasteiger partial charge in [0, 0.05) is 55.7 Å². The summed E-state index contributed by atoms with van der Waals surface area (Å²) in [6, 6.07) is 42.7. The minimum Gasteiger partial charge on any atom is -0.454 e. The molecule has 2 aliphatic carbocycles. The molecule has 1 aromatic heterocycles. The van der Waals surface area contributed by atoms with Gasteiger partial charge in [-0.2, -0.15) is 0 Å². The van der Waals surface area contributed by atoms with E-state index in [0.717, 1.165) is 27.6 Å². The number of nitrogens with zero attached hydrogens (tertiary/aromatic N) is 3. The van der Waals surface area contributed by atoms with Crippen molar-refractivity contribution >= 4 is 84.9 Å². The van der Waals surface area contributed by atoms with Crippen molar-refractivity contribution in [1.29, 1.82) is 0 Å². The lowest BCUT2D eigenvalue weighted by Gasteiger charge is -2.53. The second-order valence-electron chi connectivity index (χ2n) is 22.0. The fourth-order valence-corrected chi connectivity index (χ4v) is 14.3. The molecule has 5 heteroatoms. The Bertz CT molecular complexity index is 3100. The molecule has 0 bridgehead atoms. The van der Waals surface area contributed by atoms with Gasteiger partial charge in [0.25, 0.3) is 6.71 Å². The van der Waals surface area contributed by atoms with Crippen LogP contribution in [0.1, 0.15) is 122 Å². The number of benzene rings is 6. The Morgan fingerprint density at radius 3 is 2.05 bits per heavy atom. The van der Waals surface area contributed by atoms with Crippen molar-refractivity contribution in [2.75, 3.05) is 14.7 Å². The first-order valence-corrected chi connectivity index (χ1v) is 23.6. The maximum absolute atomic E-state index is 6.95. The first-order valence-electron chi connectivity index (χ1n) is 23.6. The number of hydrogen-bond donors (Lipinski definition) is 0. The molecule has 62 heavy (non-hydrogen) atoms. The van der Waals surface area contributed by atoms with E-state index in [-0.39, 0.29) is 34.0 Å². The first-order chi connectivity index (χ1) is 29.8. The molecule has 0 saturated heterocycles. The van der Waals surface area contributed by atoms with Crippen LogP contribution in [0.5, 0.6) is 0 Å². The average Bonchev–Trinajstić information content (AvgIpc) is 3.81. The van der Waals surface area contributed by atoms with Gasteiger partial charge in [-0.15, -0.1) is 0 Å². The SMILES string of the molecule is Cc1cc2c3c(c1)N1c4c(cccc4C4(C)CCCCC14C)B3c1ccc(N3c4ccc(C(C)(C)C)cc4C4(C)CCCCC34C)cc1N2c1cccc2c1oc1ccccc12. The van der Waals surface area contributed by atoms with Crippen LogP contribution in [-0.4, -0.2) is 17.8 Å². The first kappa shape index (κ1) is 37.2. The maximum Gasteiger partial charge on any atom is 0.252 e. The second kappa shape index (κ2) is 12.0. The van der Waals surface area contributed by atoms with Crippen LogP contribution in [0.4, 0.5) is 39.8 Å². The monoisotopic (exact) mass is 811 g/mol. The Kier molecular flexibility index (Phi) is 7.18. The van der Waals surface area contributed by atoms with Crippen LogP contribution in [-0.2, 0) is 16.2 Å². The molecule has 310 valence electrons. The molecule has 0 N–H and O–H groups in total. The van der Waals surface area contributed by atoms with E-state index >= 15 is 0 Å². The Morgan fingerprint density at radius 1 is 0.565 bits per heavy atom. The molecule has 4 unspecified atom stereocenters. The normalized spacial score (nSPS) is 26.6. The quantitative estimate of drug-likeness (QED) is 0.162. The number of rotatable bonds is 2. The Morgan fingerprint density at radius 2 is 1.26 bits per heavy atom. The molecule has 5 heterocycles. The fraction of sp³-hybridized carbons (Fsp3) is 0.368. The molecule has 0 spiro atoms. The Hall–Kier alpha value is -5.42. The number of para-hydroxylation sites is 3. The van der Waals surface area contributed by atoms with Gasteiger partial charge in [0.1, 0.15) is 5.58 Å². The lowest BCUT2D eigenvalue weighted by Crippen LogP contribution is -2.64. The molecule has 7 aromatic rings. The molecule has 6 aromatic carbocycles. The molecule has 6 aliphatic rings. The molecular formula is C57H58BN3O. The van der Waals surface area contributed by atoms with Crippen LogP contribution in [0.2, 0.25) is 0 Å². The van der Waals surface area contributed by atoms with Gasteiger partial charge in [-0.3, -0.25) is 0 Å². The highest BCUT2D eigenvalue weighted by molar-refractivity contribution is 7.00. The molecule has 4 aliphatic heterocycles. The summed E-state index contributed by atoms with van der Waals surface area (Å²) in [5.74, 6) is 0. The van der Waals surface area contributed by atoms with Gasteiger partial charge in [0.15, 0.2) is 5.58 Å². The molecule has 4 atom stereocenters. The highest BCUT2D eigenvalue weighted by Gasteiger charge is 2.62. The van der Waals surface area contributed by atoms with Gasteiger partial charge in [0.05, 0.1) is 16.8 Å². The zero-order valence-electron chi connectivity index (χ0n) is 37.9. The van der Waals surface area contributed by atoms with Crippen molar-refractivity contribution in [2.45, 2.75) is 134 Å². The largest absolute Gasteiger partial charge is 0.454 e.